The molecule has 0 spiro atoms. The lowest BCUT2D eigenvalue weighted by atomic mass is 10.0. The van der Waals surface area contributed by atoms with Crippen LogP contribution in [0, 0.1) is 19.8 Å². The third-order valence-electron chi connectivity index (χ3n) is 5.14. The van der Waals surface area contributed by atoms with Gasteiger partial charge in [0.2, 0.25) is 0 Å². The van der Waals surface area contributed by atoms with Crippen LogP contribution in [0.2, 0.25) is 5.02 Å². The fourth-order valence-electron chi connectivity index (χ4n) is 3.20. The Morgan fingerprint density at radius 2 is 1.77 bits per heavy atom. The smallest absolute Gasteiger partial charge is 0.336 e. The van der Waals surface area contributed by atoms with Crippen molar-refractivity contribution in [1.29, 1.82) is 0 Å². The van der Waals surface area contributed by atoms with Gasteiger partial charge in [-0.05, 0) is 55.2 Å². The van der Waals surface area contributed by atoms with Crippen molar-refractivity contribution in [1.82, 2.24) is 5.32 Å². The van der Waals surface area contributed by atoms with E-state index >= 15 is 0 Å². The number of halogens is 1. The molecule has 0 saturated heterocycles. The second-order valence-electron chi connectivity index (χ2n) is 7.81. The molecule has 0 aliphatic heterocycles. The summed E-state index contributed by atoms with van der Waals surface area (Å²) >= 11 is 6.08. The van der Waals surface area contributed by atoms with Gasteiger partial charge >= 0.3 is 11.6 Å². The van der Waals surface area contributed by atoms with E-state index in [1.165, 1.54) is 6.07 Å². The van der Waals surface area contributed by atoms with Gasteiger partial charge in [0.1, 0.15) is 18.2 Å². The van der Waals surface area contributed by atoms with Crippen LogP contribution in [0.1, 0.15) is 40.9 Å². The summed E-state index contributed by atoms with van der Waals surface area (Å²) in [6.45, 7) is 7.37. The highest BCUT2D eigenvalue weighted by Crippen LogP contribution is 2.22. The number of benzene rings is 2. The van der Waals surface area contributed by atoms with E-state index in [0.29, 0.717) is 21.6 Å². The number of hydrogen-bond acceptors (Lipinski definition) is 5. The first-order valence-electron chi connectivity index (χ1n) is 9.93. The van der Waals surface area contributed by atoms with Gasteiger partial charge in [-0.1, -0.05) is 37.6 Å². The van der Waals surface area contributed by atoms with E-state index in [4.69, 9.17) is 20.8 Å². The van der Waals surface area contributed by atoms with Crippen molar-refractivity contribution in [2.24, 2.45) is 5.92 Å². The van der Waals surface area contributed by atoms with Crippen molar-refractivity contribution in [2.45, 2.75) is 40.3 Å². The lowest BCUT2D eigenvalue weighted by molar-refractivity contribution is -0.148. The predicted molar refractivity (Wildman–Crippen MR) is 119 cm³/mol. The lowest BCUT2D eigenvalue weighted by Gasteiger charge is -2.21. The normalized spacial score (nSPS) is 12.1. The van der Waals surface area contributed by atoms with Gasteiger partial charge in [0.15, 0.2) is 0 Å². The standard InChI is InChI=1S/C24H24ClNO5/c1-13(2)22(26-23(28)17-7-5-6-8-19(17)25)24(29)30-12-16-11-21(27)31-20-10-15(4)14(3)9-18(16)20/h5-11,13,22H,12H2,1-4H3,(H,26,28)/t22-/m0/s1. The third kappa shape index (κ3) is 5.14. The quantitative estimate of drug-likeness (QED) is 0.447. The molecule has 6 nitrogen and oxygen atoms in total. The summed E-state index contributed by atoms with van der Waals surface area (Å²) in [5.41, 5.74) is 2.76. The zero-order valence-electron chi connectivity index (χ0n) is 17.8. The van der Waals surface area contributed by atoms with Crippen LogP contribution in [-0.4, -0.2) is 17.9 Å². The van der Waals surface area contributed by atoms with Crippen LogP contribution in [0.15, 0.2) is 51.7 Å². The molecule has 3 rings (SSSR count). The molecule has 0 fully saturated rings. The molecule has 162 valence electrons. The van der Waals surface area contributed by atoms with Crippen molar-refractivity contribution in [2.75, 3.05) is 0 Å². The molecule has 0 saturated carbocycles. The largest absolute Gasteiger partial charge is 0.459 e. The van der Waals surface area contributed by atoms with E-state index in [-0.39, 0.29) is 18.1 Å². The molecule has 7 heteroatoms. The average molecular weight is 442 g/mol. The van der Waals surface area contributed by atoms with Crippen molar-refractivity contribution < 1.29 is 18.7 Å². The van der Waals surface area contributed by atoms with Gasteiger partial charge in [-0.3, -0.25) is 4.79 Å². The summed E-state index contributed by atoms with van der Waals surface area (Å²) in [6, 6.07) is 10.7. The minimum Gasteiger partial charge on any atom is -0.459 e. The van der Waals surface area contributed by atoms with Gasteiger partial charge in [0, 0.05) is 17.0 Å². The number of carbonyl (C=O) groups excluding carboxylic acids is 2. The van der Waals surface area contributed by atoms with Crippen molar-refractivity contribution >= 4 is 34.4 Å². The molecule has 0 radical (unpaired) electrons. The molecule has 3 aromatic rings. The summed E-state index contributed by atoms with van der Waals surface area (Å²) in [4.78, 5) is 37.3. The van der Waals surface area contributed by atoms with Crippen LogP contribution in [0.25, 0.3) is 11.0 Å². The topological polar surface area (TPSA) is 85.6 Å². The summed E-state index contributed by atoms with van der Waals surface area (Å²) < 4.78 is 10.8. The number of esters is 1. The maximum Gasteiger partial charge on any atom is 0.336 e. The SMILES string of the molecule is Cc1cc2oc(=O)cc(COC(=O)[C@@H](NC(=O)c3ccccc3Cl)C(C)C)c2cc1C. The number of fused-ring (bicyclic) bond motifs is 1. The van der Waals surface area contributed by atoms with Crippen LogP contribution in [0.4, 0.5) is 0 Å². The van der Waals surface area contributed by atoms with E-state index in [0.717, 1.165) is 11.1 Å². The molecule has 0 unspecified atom stereocenters. The highest BCUT2D eigenvalue weighted by Gasteiger charge is 2.27. The minimum absolute atomic E-state index is 0.116. The minimum atomic E-state index is -0.876. The fourth-order valence-corrected chi connectivity index (χ4v) is 3.42. The maximum atomic E-state index is 12.8. The van der Waals surface area contributed by atoms with Gasteiger partial charge in [0.05, 0.1) is 10.6 Å². The number of hydrogen-bond donors (Lipinski definition) is 1. The number of aryl methyl sites for hydroxylation is 2. The zero-order valence-corrected chi connectivity index (χ0v) is 18.6. The van der Waals surface area contributed by atoms with Crippen molar-refractivity contribution in [3.05, 3.63) is 80.2 Å². The van der Waals surface area contributed by atoms with Crippen molar-refractivity contribution in [3.63, 3.8) is 0 Å². The third-order valence-corrected chi connectivity index (χ3v) is 5.47. The van der Waals surface area contributed by atoms with Crippen molar-refractivity contribution in [3.8, 4) is 0 Å². The van der Waals surface area contributed by atoms with Crippen LogP contribution < -0.4 is 10.9 Å². The number of carbonyl (C=O) groups is 2. The first-order valence-corrected chi connectivity index (χ1v) is 10.3. The number of rotatable bonds is 6. The number of ether oxygens (including phenoxy) is 1. The Morgan fingerprint density at radius 1 is 1.10 bits per heavy atom. The molecule has 0 aliphatic carbocycles. The van der Waals surface area contributed by atoms with E-state index < -0.39 is 23.5 Å². The zero-order chi connectivity index (χ0) is 22.7. The van der Waals surface area contributed by atoms with E-state index in [1.54, 1.807) is 44.2 Å². The molecule has 31 heavy (non-hydrogen) atoms. The average Bonchev–Trinajstić information content (AvgIpc) is 2.71. The molecule has 1 aromatic heterocycles. The monoisotopic (exact) mass is 441 g/mol. The summed E-state index contributed by atoms with van der Waals surface area (Å²) in [6.07, 6.45) is 0. The first kappa shape index (κ1) is 22.6. The van der Waals surface area contributed by atoms with E-state index in [2.05, 4.69) is 5.32 Å². The molecule has 0 bridgehead atoms. The van der Waals surface area contributed by atoms with Crippen LogP contribution >= 0.6 is 11.6 Å². The lowest BCUT2D eigenvalue weighted by Crippen LogP contribution is -2.45. The maximum absolute atomic E-state index is 12.8. The second kappa shape index (κ2) is 9.35. The van der Waals surface area contributed by atoms with Gasteiger partial charge in [-0.15, -0.1) is 0 Å². The molecular formula is C24H24ClNO5. The Kier molecular flexibility index (Phi) is 6.81. The highest BCUT2D eigenvalue weighted by atomic mass is 35.5. The van der Waals surface area contributed by atoms with Crippen LogP contribution in [-0.2, 0) is 16.1 Å². The summed E-state index contributed by atoms with van der Waals surface area (Å²) in [5, 5.41) is 3.70. The van der Waals surface area contributed by atoms with E-state index in [9.17, 15) is 14.4 Å². The van der Waals surface area contributed by atoms with Gasteiger partial charge in [-0.2, -0.15) is 0 Å². The van der Waals surface area contributed by atoms with E-state index in [1.807, 2.05) is 19.9 Å². The fraction of sp³-hybridized carbons (Fsp3) is 0.292. The Morgan fingerprint density at radius 3 is 2.45 bits per heavy atom. The van der Waals surface area contributed by atoms with Crippen LogP contribution in [0.5, 0.6) is 0 Å². The Balaban J connectivity index is 1.79. The molecule has 1 amide bonds. The molecule has 1 atom stereocenters. The highest BCUT2D eigenvalue weighted by molar-refractivity contribution is 6.33. The van der Waals surface area contributed by atoms with Gasteiger partial charge < -0.3 is 14.5 Å². The summed E-state index contributed by atoms with van der Waals surface area (Å²) in [7, 11) is 0. The molecule has 1 N–H and O–H groups in total. The molecular weight excluding hydrogens is 418 g/mol. The van der Waals surface area contributed by atoms with Gasteiger partial charge in [0.25, 0.3) is 5.91 Å². The molecule has 0 aliphatic rings. The molecule has 2 aromatic carbocycles. The van der Waals surface area contributed by atoms with Crippen LogP contribution in [0.3, 0.4) is 0 Å². The number of amides is 1. The summed E-state index contributed by atoms with van der Waals surface area (Å²) in [5.74, 6) is -1.28. The predicted octanol–water partition coefficient (Wildman–Crippen LogP) is 4.56. The number of nitrogens with one attached hydrogen (secondary N) is 1. The second-order valence-corrected chi connectivity index (χ2v) is 8.21. The van der Waals surface area contributed by atoms with Gasteiger partial charge in [-0.25, -0.2) is 9.59 Å². The Hall–Kier alpha value is -3.12. The Bertz CT molecular complexity index is 1200. The first-order chi connectivity index (χ1) is 14.7. The molecule has 1 heterocycles. The Labute approximate surface area is 185 Å².